The molecule has 0 atom stereocenters. The molecular weight excluding hydrogens is 482 g/mol. The maximum Gasteiger partial charge on any atom is 0.335 e. The van der Waals surface area contributed by atoms with E-state index in [1.807, 2.05) is 60.8 Å². The van der Waals surface area contributed by atoms with Crippen molar-refractivity contribution >= 4 is 56.4 Å². The highest BCUT2D eigenvalue weighted by molar-refractivity contribution is 9.10. The molecule has 3 aromatic carbocycles. The Balaban J connectivity index is 1.57. The first-order valence-corrected chi connectivity index (χ1v) is 11.1. The number of nitrogens with zero attached hydrogens (tertiary/aromatic N) is 2. The van der Waals surface area contributed by atoms with Crippen molar-refractivity contribution in [1.29, 1.82) is 0 Å². The SMILES string of the molecule is O=C1NC(=O)N(c2ccc(Br)cc2)C(=O)/C1=C/c1cn(Cc2ccccc2)c2ccccc12. The van der Waals surface area contributed by atoms with Gasteiger partial charge >= 0.3 is 6.03 Å². The van der Waals surface area contributed by atoms with Crippen LogP contribution in [0.4, 0.5) is 10.5 Å². The average molecular weight is 500 g/mol. The van der Waals surface area contributed by atoms with Crippen LogP contribution in [0.3, 0.4) is 0 Å². The minimum Gasteiger partial charge on any atom is -0.342 e. The van der Waals surface area contributed by atoms with Gasteiger partial charge in [-0.3, -0.25) is 14.9 Å². The van der Waals surface area contributed by atoms with Crippen LogP contribution in [-0.4, -0.2) is 22.4 Å². The number of rotatable bonds is 4. The summed E-state index contributed by atoms with van der Waals surface area (Å²) in [5.74, 6) is -1.37. The number of benzene rings is 3. The van der Waals surface area contributed by atoms with Crippen LogP contribution < -0.4 is 10.2 Å². The second kappa shape index (κ2) is 8.52. The lowest BCUT2D eigenvalue weighted by molar-refractivity contribution is -0.122. The van der Waals surface area contributed by atoms with E-state index in [0.29, 0.717) is 12.2 Å². The van der Waals surface area contributed by atoms with Gasteiger partial charge in [-0.2, -0.15) is 0 Å². The van der Waals surface area contributed by atoms with Gasteiger partial charge in [0.05, 0.1) is 5.69 Å². The Morgan fingerprint density at radius 2 is 1.55 bits per heavy atom. The van der Waals surface area contributed by atoms with Gasteiger partial charge in [-0.25, -0.2) is 9.69 Å². The molecule has 7 heteroatoms. The van der Waals surface area contributed by atoms with Gasteiger partial charge in [0, 0.05) is 33.7 Å². The number of aromatic nitrogens is 1. The first-order valence-electron chi connectivity index (χ1n) is 10.3. The molecule has 2 heterocycles. The van der Waals surface area contributed by atoms with Crippen molar-refractivity contribution in [3.8, 4) is 0 Å². The Kier molecular flexibility index (Phi) is 5.40. The molecule has 1 aromatic heterocycles. The van der Waals surface area contributed by atoms with Crippen molar-refractivity contribution in [3.63, 3.8) is 0 Å². The lowest BCUT2D eigenvalue weighted by Gasteiger charge is -2.26. The van der Waals surface area contributed by atoms with Crippen LogP contribution in [0.1, 0.15) is 11.1 Å². The van der Waals surface area contributed by atoms with Gasteiger partial charge in [0.1, 0.15) is 5.57 Å². The second-order valence-electron chi connectivity index (χ2n) is 7.65. The van der Waals surface area contributed by atoms with E-state index < -0.39 is 17.8 Å². The molecule has 4 aromatic rings. The molecular formula is C26H18BrN3O3. The fourth-order valence-corrected chi connectivity index (χ4v) is 4.20. The number of carbonyl (C=O) groups excluding carboxylic acids is 3. The Labute approximate surface area is 198 Å². The van der Waals surface area contributed by atoms with Gasteiger partial charge in [0.15, 0.2) is 0 Å². The molecule has 0 aliphatic carbocycles. The average Bonchev–Trinajstić information content (AvgIpc) is 3.16. The number of halogens is 1. The number of hydrogen-bond acceptors (Lipinski definition) is 3. The normalized spacial score (nSPS) is 15.4. The van der Waals surface area contributed by atoms with Crippen molar-refractivity contribution in [2.45, 2.75) is 6.54 Å². The van der Waals surface area contributed by atoms with Crippen molar-refractivity contribution in [2.75, 3.05) is 4.90 Å². The number of imide groups is 2. The maximum atomic E-state index is 13.2. The molecule has 1 aliphatic rings. The van der Waals surface area contributed by atoms with Crippen molar-refractivity contribution < 1.29 is 14.4 Å². The van der Waals surface area contributed by atoms with Crippen LogP contribution in [0.5, 0.6) is 0 Å². The lowest BCUT2D eigenvalue weighted by Crippen LogP contribution is -2.54. The van der Waals surface area contributed by atoms with Crippen LogP contribution in [0.25, 0.3) is 17.0 Å². The van der Waals surface area contributed by atoms with Crippen LogP contribution >= 0.6 is 15.9 Å². The zero-order valence-corrected chi connectivity index (χ0v) is 19.0. The first-order chi connectivity index (χ1) is 16.0. The molecule has 4 amide bonds. The number of fused-ring (bicyclic) bond motifs is 1. The molecule has 0 saturated carbocycles. The van der Waals surface area contributed by atoms with Gasteiger partial charge < -0.3 is 4.57 Å². The van der Waals surface area contributed by atoms with Crippen molar-refractivity contribution in [1.82, 2.24) is 9.88 Å². The first kappa shape index (κ1) is 20.9. The summed E-state index contributed by atoms with van der Waals surface area (Å²) in [6, 6.07) is 23.8. The Morgan fingerprint density at radius 1 is 0.848 bits per heavy atom. The lowest BCUT2D eigenvalue weighted by atomic mass is 10.1. The number of hydrogen-bond donors (Lipinski definition) is 1. The summed E-state index contributed by atoms with van der Waals surface area (Å²) >= 11 is 3.34. The van der Waals surface area contributed by atoms with Gasteiger partial charge in [-0.05, 0) is 42.0 Å². The summed E-state index contributed by atoms with van der Waals surface area (Å²) < 4.78 is 2.90. The van der Waals surface area contributed by atoms with E-state index >= 15 is 0 Å². The summed E-state index contributed by atoms with van der Waals surface area (Å²) in [7, 11) is 0. The van der Waals surface area contributed by atoms with E-state index in [9.17, 15) is 14.4 Å². The van der Waals surface area contributed by atoms with Gasteiger partial charge in [0.2, 0.25) is 0 Å². The summed E-state index contributed by atoms with van der Waals surface area (Å²) in [5.41, 5.74) is 3.13. The van der Waals surface area contributed by atoms with E-state index in [1.165, 1.54) is 0 Å². The molecule has 33 heavy (non-hydrogen) atoms. The third-order valence-electron chi connectivity index (χ3n) is 5.50. The minimum absolute atomic E-state index is 0.0971. The van der Waals surface area contributed by atoms with E-state index in [2.05, 4.69) is 25.8 Å². The van der Waals surface area contributed by atoms with E-state index in [1.54, 1.807) is 30.3 Å². The number of amides is 4. The predicted molar refractivity (Wildman–Crippen MR) is 131 cm³/mol. The molecule has 0 radical (unpaired) electrons. The fraction of sp³-hybridized carbons (Fsp3) is 0.0385. The fourth-order valence-electron chi connectivity index (χ4n) is 3.94. The van der Waals surface area contributed by atoms with Gasteiger partial charge in [-0.15, -0.1) is 0 Å². The van der Waals surface area contributed by atoms with Gasteiger partial charge in [0.25, 0.3) is 11.8 Å². The summed E-state index contributed by atoms with van der Waals surface area (Å²) in [4.78, 5) is 39.3. The maximum absolute atomic E-state index is 13.2. The van der Waals surface area contributed by atoms with E-state index in [0.717, 1.165) is 31.4 Å². The molecule has 1 aliphatic heterocycles. The largest absolute Gasteiger partial charge is 0.342 e. The molecule has 1 N–H and O–H groups in total. The number of barbiturate groups is 1. The Hall–Kier alpha value is -3.97. The Morgan fingerprint density at radius 3 is 2.30 bits per heavy atom. The zero-order valence-electron chi connectivity index (χ0n) is 17.4. The van der Waals surface area contributed by atoms with Crippen LogP contribution in [0.2, 0.25) is 0 Å². The Bertz CT molecular complexity index is 1420. The highest BCUT2D eigenvalue weighted by Crippen LogP contribution is 2.27. The quantitative estimate of drug-likeness (QED) is 0.313. The molecule has 0 spiro atoms. The summed E-state index contributed by atoms with van der Waals surface area (Å²) in [6.45, 7) is 0.647. The molecule has 1 fully saturated rings. The highest BCUT2D eigenvalue weighted by Gasteiger charge is 2.37. The number of para-hydroxylation sites is 1. The van der Waals surface area contributed by atoms with E-state index in [4.69, 9.17) is 0 Å². The van der Waals surface area contributed by atoms with Crippen LogP contribution in [-0.2, 0) is 16.1 Å². The van der Waals surface area contributed by atoms with E-state index in [-0.39, 0.29) is 5.57 Å². The molecule has 6 nitrogen and oxygen atoms in total. The van der Waals surface area contributed by atoms with Crippen LogP contribution in [0, 0.1) is 0 Å². The van der Waals surface area contributed by atoms with Gasteiger partial charge in [-0.1, -0.05) is 64.5 Å². The molecule has 1 saturated heterocycles. The highest BCUT2D eigenvalue weighted by atomic mass is 79.9. The topological polar surface area (TPSA) is 71.4 Å². The number of anilines is 1. The summed E-state index contributed by atoms with van der Waals surface area (Å²) in [6.07, 6.45) is 3.48. The number of carbonyl (C=O) groups is 3. The molecule has 5 rings (SSSR count). The minimum atomic E-state index is -0.768. The van der Waals surface area contributed by atoms with Crippen LogP contribution in [0.15, 0.2) is 95.1 Å². The summed E-state index contributed by atoms with van der Waals surface area (Å²) in [5, 5.41) is 3.19. The number of urea groups is 1. The monoisotopic (exact) mass is 499 g/mol. The predicted octanol–water partition coefficient (Wildman–Crippen LogP) is 5.12. The molecule has 0 unspecified atom stereocenters. The van der Waals surface area contributed by atoms with Crippen molar-refractivity contribution in [3.05, 3.63) is 106 Å². The molecule has 0 bridgehead atoms. The molecule has 162 valence electrons. The smallest absolute Gasteiger partial charge is 0.335 e. The number of nitrogens with one attached hydrogen (secondary N) is 1. The third kappa shape index (κ3) is 3.99. The standard InChI is InChI=1S/C26H18BrN3O3/c27-19-10-12-20(13-11-19)30-25(32)22(24(31)28-26(30)33)14-18-16-29(15-17-6-2-1-3-7-17)23-9-5-4-8-21(18)23/h1-14,16H,15H2,(H,28,31,33)/b22-14+. The second-order valence-corrected chi connectivity index (χ2v) is 8.57. The third-order valence-corrected chi connectivity index (χ3v) is 6.03. The van der Waals surface area contributed by atoms with Crippen molar-refractivity contribution in [2.24, 2.45) is 0 Å². The zero-order chi connectivity index (χ0) is 22.9.